The Kier molecular flexibility index (Phi) is 5.33. The summed E-state index contributed by atoms with van der Waals surface area (Å²) in [6.45, 7) is 2.50. The summed E-state index contributed by atoms with van der Waals surface area (Å²) < 4.78 is 10.5. The van der Waals surface area contributed by atoms with Crippen molar-refractivity contribution in [2.24, 2.45) is 0 Å². The van der Waals surface area contributed by atoms with Gasteiger partial charge in [0, 0.05) is 11.4 Å². The minimum Gasteiger partial charge on any atom is -0.497 e. The number of aromatic amines is 1. The van der Waals surface area contributed by atoms with Gasteiger partial charge >= 0.3 is 0 Å². The van der Waals surface area contributed by atoms with Crippen molar-refractivity contribution in [1.82, 2.24) is 15.4 Å². The van der Waals surface area contributed by atoms with Crippen molar-refractivity contribution >= 4 is 23.1 Å². The van der Waals surface area contributed by atoms with Gasteiger partial charge in [0.25, 0.3) is 5.91 Å². The summed E-state index contributed by atoms with van der Waals surface area (Å²) >= 11 is 0. The smallest absolute Gasteiger partial charge is 0.280 e. The van der Waals surface area contributed by atoms with E-state index < -0.39 is 0 Å². The summed E-state index contributed by atoms with van der Waals surface area (Å²) in [6, 6.07) is 14.4. The molecule has 0 aliphatic heterocycles. The molecular weight excluding hydrogens is 334 g/mol. The van der Waals surface area contributed by atoms with E-state index >= 15 is 0 Å². The lowest BCUT2D eigenvalue weighted by Crippen LogP contribution is -2.14. The van der Waals surface area contributed by atoms with Crippen molar-refractivity contribution < 1.29 is 14.3 Å². The molecule has 0 aliphatic carbocycles. The zero-order chi connectivity index (χ0) is 18.4. The first kappa shape index (κ1) is 17.3. The number of H-pyrrole nitrogens is 1. The van der Waals surface area contributed by atoms with Crippen molar-refractivity contribution in [2.75, 3.05) is 24.4 Å². The van der Waals surface area contributed by atoms with E-state index in [0.717, 1.165) is 17.2 Å². The summed E-state index contributed by atoms with van der Waals surface area (Å²) in [4.78, 5) is 12.5. The number of carbonyl (C=O) groups is 1. The third-order valence-corrected chi connectivity index (χ3v) is 3.54. The number of hydrogen-bond acceptors (Lipinski definition) is 6. The van der Waals surface area contributed by atoms with Gasteiger partial charge in [-0.1, -0.05) is 0 Å². The molecule has 8 heteroatoms. The number of amides is 1. The first-order valence-electron chi connectivity index (χ1n) is 8.05. The summed E-state index contributed by atoms with van der Waals surface area (Å²) in [6.07, 6.45) is 0. The summed E-state index contributed by atoms with van der Waals surface area (Å²) in [5, 5.41) is 16.2. The lowest BCUT2D eigenvalue weighted by molar-refractivity contribution is 0.102. The van der Waals surface area contributed by atoms with E-state index in [1.807, 2.05) is 31.2 Å². The van der Waals surface area contributed by atoms with E-state index in [1.165, 1.54) is 0 Å². The molecule has 0 atom stereocenters. The second kappa shape index (κ2) is 8.02. The lowest BCUT2D eigenvalue weighted by atomic mass is 10.2. The minimum absolute atomic E-state index is 0.162. The lowest BCUT2D eigenvalue weighted by Gasteiger charge is -2.08. The molecule has 0 spiro atoms. The number of anilines is 3. The number of carbonyl (C=O) groups excluding carboxylic acids is 1. The largest absolute Gasteiger partial charge is 0.497 e. The number of rotatable bonds is 7. The molecule has 26 heavy (non-hydrogen) atoms. The molecule has 134 valence electrons. The van der Waals surface area contributed by atoms with E-state index in [0.29, 0.717) is 18.1 Å². The molecule has 2 aromatic carbocycles. The monoisotopic (exact) mass is 353 g/mol. The van der Waals surface area contributed by atoms with Crippen LogP contribution in [-0.4, -0.2) is 35.0 Å². The molecule has 8 nitrogen and oxygen atoms in total. The van der Waals surface area contributed by atoms with Crippen molar-refractivity contribution in [3.63, 3.8) is 0 Å². The summed E-state index contributed by atoms with van der Waals surface area (Å²) in [5.74, 6) is 1.44. The van der Waals surface area contributed by atoms with Crippen LogP contribution in [0.1, 0.15) is 17.4 Å². The zero-order valence-corrected chi connectivity index (χ0v) is 14.4. The van der Waals surface area contributed by atoms with E-state index in [4.69, 9.17) is 9.47 Å². The molecule has 1 heterocycles. The quantitative estimate of drug-likeness (QED) is 0.603. The summed E-state index contributed by atoms with van der Waals surface area (Å²) in [7, 11) is 1.60. The highest BCUT2D eigenvalue weighted by atomic mass is 16.5. The van der Waals surface area contributed by atoms with Crippen LogP contribution in [0.4, 0.5) is 17.2 Å². The van der Waals surface area contributed by atoms with Gasteiger partial charge in [0.15, 0.2) is 11.5 Å². The second-order valence-electron chi connectivity index (χ2n) is 5.29. The van der Waals surface area contributed by atoms with Crippen LogP contribution in [0.15, 0.2) is 48.5 Å². The Hall–Kier alpha value is -3.55. The van der Waals surface area contributed by atoms with Crippen LogP contribution in [0.25, 0.3) is 0 Å². The normalized spacial score (nSPS) is 10.2. The number of aromatic nitrogens is 3. The number of methoxy groups -OCH3 is 1. The van der Waals surface area contributed by atoms with Gasteiger partial charge in [-0.2, -0.15) is 5.21 Å². The van der Waals surface area contributed by atoms with Crippen molar-refractivity contribution in [3.8, 4) is 11.5 Å². The molecule has 1 aromatic heterocycles. The highest BCUT2D eigenvalue weighted by Gasteiger charge is 2.17. The maximum Gasteiger partial charge on any atom is 0.280 e. The van der Waals surface area contributed by atoms with Gasteiger partial charge in [0.05, 0.1) is 13.7 Å². The second-order valence-corrected chi connectivity index (χ2v) is 5.29. The van der Waals surface area contributed by atoms with E-state index in [-0.39, 0.29) is 11.6 Å². The highest BCUT2D eigenvalue weighted by molar-refractivity contribution is 6.06. The van der Waals surface area contributed by atoms with Gasteiger partial charge in [-0.05, 0) is 55.5 Å². The average Bonchev–Trinajstić information content (AvgIpc) is 3.12. The third kappa shape index (κ3) is 4.10. The molecule has 3 aromatic rings. The molecule has 3 rings (SSSR count). The number of hydrogen-bond donors (Lipinski definition) is 3. The van der Waals surface area contributed by atoms with Crippen molar-refractivity contribution in [2.45, 2.75) is 6.92 Å². The molecule has 0 saturated heterocycles. The standard InChI is InChI=1S/C18H19N5O3/c1-3-26-15-10-6-13(7-11-15)20-18(24)16-17(22-23-21-16)19-12-4-8-14(25-2)9-5-12/h4-11H,3H2,1-2H3,(H,20,24)(H2,19,21,22,23). The van der Waals surface area contributed by atoms with Gasteiger partial charge in [-0.25, -0.2) is 0 Å². The Morgan fingerprint density at radius 1 is 1.00 bits per heavy atom. The van der Waals surface area contributed by atoms with E-state index in [2.05, 4.69) is 26.0 Å². The van der Waals surface area contributed by atoms with Gasteiger partial charge in [0.1, 0.15) is 11.5 Å². The number of nitrogens with one attached hydrogen (secondary N) is 3. The SMILES string of the molecule is CCOc1ccc(NC(=O)c2n[nH]nc2Nc2ccc(OC)cc2)cc1. The van der Waals surface area contributed by atoms with Gasteiger partial charge in [-0.3, -0.25) is 4.79 Å². The predicted octanol–water partition coefficient (Wildman–Crippen LogP) is 3.21. The van der Waals surface area contributed by atoms with Crippen LogP contribution in [0, 0.1) is 0 Å². The van der Waals surface area contributed by atoms with Crippen LogP contribution in [0.3, 0.4) is 0 Å². The Morgan fingerprint density at radius 2 is 1.65 bits per heavy atom. The van der Waals surface area contributed by atoms with Crippen LogP contribution >= 0.6 is 0 Å². The molecule has 0 saturated carbocycles. The first-order valence-corrected chi connectivity index (χ1v) is 8.05. The van der Waals surface area contributed by atoms with Crippen LogP contribution < -0.4 is 20.1 Å². The molecular formula is C18H19N5O3. The van der Waals surface area contributed by atoms with Gasteiger partial charge < -0.3 is 20.1 Å². The molecule has 0 aliphatic rings. The van der Waals surface area contributed by atoms with Gasteiger partial charge in [-0.15, -0.1) is 10.2 Å². The Balaban J connectivity index is 1.69. The van der Waals surface area contributed by atoms with Crippen molar-refractivity contribution in [3.05, 3.63) is 54.2 Å². The predicted molar refractivity (Wildman–Crippen MR) is 98.2 cm³/mol. The molecule has 0 unspecified atom stereocenters. The Bertz CT molecular complexity index is 859. The Labute approximate surface area is 150 Å². The van der Waals surface area contributed by atoms with Crippen LogP contribution in [-0.2, 0) is 0 Å². The average molecular weight is 353 g/mol. The van der Waals surface area contributed by atoms with Crippen LogP contribution in [0.5, 0.6) is 11.5 Å². The van der Waals surface area contributed by atoms with Crippen molar-refractivity contribution in [1.29, 1.82) is 0 Å². The maximum absolute atomic E-state index is 12.5. The first-order chi connectivity index (χ1) is 12.7. The molecule has 0 radical (unpaired) electrons. The number of benzene rings is 2. The van der Waals surface area contributed by atoms with Gasteiger partial charge in [0.2, 0.25) is 0 Å². The third-order valence-electron chi connectivity index (χ3n) is 3.54. The number of ether oxygens (including phenoxy) is 2. The molecule has 3 N–H and O–H groups in total. The highest BCUT2D eigenvalue weighted by Crippen LogP contribution is 2.21. The Morgan fingerprint density at radius 3 is 2.31 bits per heavy atom. The van der Waals surface area contributed by atoms with Crippen LogP contribution in [0.2, 0.25) is 0 Å². The molecule has 1 amide bonds. The fraction of sp³-hybridized carbons (Fsp3) is 0.167. The number of nitrogens with zero attached hydrogens (tertiary/aromatic N) is 2. The van der Waals surface area contributed by atoms with E-state index in [9.17, 15) is 4.79 Å². The summed E-state index contributed by atoms with van der Waals surface area (Å²) in [5.41, 5.74) is 1.56. The zero-order valence-electron chi connectivity index (χ0n) is 14.4. The fourth-order valence-electron chi connectivity index (χ4n) is 2.28. The topological polar surface area (TPSA) is 101 Å². The molecule has 0 fully saturated rings. The fourth-order valence-corrected chi connectivity index (χ4v) is 2.28. The molecule has 0 bridgehead atoms. The minimum atomic E-state index is -0.376. The van der Waals surface area contributed by atoms with E-state index in [1.54, 1.807) is 31.4 Å². The maximum atomic E-state index is 12.5.